The van der Waals surface area contributed by atoms with Gasteiger partial charge in [-0.25, -0.2) is 4.39 Å². The molecule has 0 saturated heterocycles. The van der Waals surface area contributed by atoms with Crippen LogP contribution < -0.4 is 0 Å². The molecular weight excluding hydrogens is 308 g/mol. The first-order valence-electron chi connectivity index (χ1n) is 6.98. The Bertz CT molecular complexity index is 641. The van der Waals surface area contributed by atoms with Crippen molar-refractivity contribution in [3.05, 3.63) is 63.1 Å². The molecule has 2 aromatic rings. The zero-order chi connectivity index (χ0) is 15.6. The summed E-state index contributed by atoms with van der Waals surface area (Å²) < 4.78 is 13.1. The summed E-state index contributed by atoms with van der Waals surface area (Å²) in [5.74, 6) is 0.122. The molecule has 0 N–H and O–H groups in total. The van der Waals surface area contributed by atoms with Crippen LogP contribution in [0.4, 0.5) is 4.39 Å². The molecule has 0 saturated carbocycles. The van der Waals surface area contributed by atoms with E-state index in [9.17, 15) is 4.39 Å². The third kappa shape index (κ3) is 3.96. The first-order chi connectivity index (χ1) is 9.88. The molecule has 1 nitrogen and oxygen atoms in total. The lowest BCUT2D eigenvalue weighted by Gasteiger charge is -2.15. The van der Waals surface area contributed by atoms with Gasteiger partial charge in [-0.3, -0.25) is 4.98 Å². The van der Waals surface area contributed by atoms with Crippen LogP contribution in [0.25, 0.3) is 0 Å². The van der Waals surface area contributed by atoms with Crippen molar-refractivity contribution >= 4 is 23.2 Å². The van der Waals surface area contributed by atoms with Crippen LogP contribution in [0.5, 0.6) is 0 Å². The van der Waals surface area contributed by atoms with Crippen LogP contribution in [-0.4, -0.2) is 4.98 Å². The summed E-state index contributed by atoms with van der Waals surface area (Å²) in [6, 6.07) is 8.34. The molecule has 2 rings (SSSR count). The van der Waals surface area contributed by atoms with E-state index in [1.54, 1.807) is 6.07 Å². The SMILES string of the molecule is CC(C)c1nc(CC(C)c2ccc(F)cc2Cl)ccc1Cl. The van der Waals surface area contributed by atoms with Crippen LogP contribution in [0, 0.1) is 5.82 Å². The molecule has 0 fully saturated rings. The molecule has 112 valence electrons. The third-order valence-electron chi connectivity index (χ3n) is 3.49. The average molecular weight is 326 g/mol. The summed E-state index contributed by atoms with van der Waals surface area (Å²) in [6.07, 6.45) is 0.738. The van der Waals surface area contributed by atoms with Crippen LogP contribution in [0.3, 0.4) is 0 Å². The van der Waals surface area contributed by atoms with E-state index in [0.29, 0.717) is 10.0 Å². The lowest BCUT2D eigenvalue weighted by molar-refractivity contribution is 0.625. The van der Waals surface area contributed by atoms with Crippen molar-refractivity contribution in [3.63, 3.8) is 0 Å². The van der Waals surface area contributed by atoms with Crippen molar-refractivity contribution in [2.75, 3.05) is 0 Å². The Morgan fingerprint density at radius 1 is 1.05 bits per heavy atom. The van der Waals surface area contributed by atoms with Gasteiger partial charge in [-0.1, -0.05) is 50.0 Å². The molecule has 0 aliphatic heterocycles. The van der Waals surface area contributed by atoms with E-state index in [0.717, 1.165) is 23.4 Å². The predicted octanol–water partition coefficient (Wildman–Crippen LogP) is 6.00. The summed E-state index contributed by atoms with van der Waals surface area (Å²) in [5.41, 5.74) is 2.81. The van der Waals surface area contributed by atoms with Gasteiger partial charge in [0.05, 0.1) is 10.7 Å². The second kappa shape index (κ2) is 6.76. The Morgan fingerprint density at radius 2 is 1.76 bits per heavy atom. The van der Waals surface area contributed by atoms with E-state index < -0.39 is 0 Å². The number of pyridine rings is 1. The molecule has 1 aromatic heterocycles. The van der Waals surface area contributed by atoms with Gasteiger partial charge in [-0.2, -0.15) is 0 Å². The quantitative estimate of drug-likeness (QED) is 0.672. The Kier molecular flexibility index (Phi) is 5.23. The third-order valence-corrected chi connectivity index (χ3v) is 4.13. The maximum Gasteiger partial charge on any atom is 0.124 e. The van der Waals surface area contributed by atoms with Gasteiger partial charge in [0.25, 0.3) is 0 Å². The molecule has 0 aliphatic carbocycles. The fourth-order valence-electron chi connectivity index (χ4n) is 2.34. The molecule has 1 unspecified atom stereocenters. The van der Waals surface area contributed by atoms with Gasteiger partial charge < -0.3 is 0 Å². The number of aromatic nitrogens is 1. The molecular formula is C17H18Cl2FN. The summed E-state index contributed by atoms with van der Waals surface area (Å²) in [4.78, 5) is 4.64. The van der Waals surface area contributed by atoms with Crippen LogP contribution >= 0.6 is 23.2 Å². The normalized spacial score (nSPS) is 12.7. The highest BCUT2D eigenvalue weighted by Gasteiger charge is 2.14. The molecule has 21 heavy (non-hydrogen) atoms. The molecule has 0 aliphatic rings. The first kappa shape index (κ1) is 16.3. The summed E-state index contributed by atoms with van der Waals surface area (Å²) >= 11 is 12.3. The minimum absolute atomic E-state index is 0.159. The maximum atomic E-state index is 13.1. The molecule has 1 aromatic carbocycles. The van der Waals surface area contributed by atoms with Gasteiger partial charge in [-0.05, 0) is 48.1 Å². The standard InChI is InChI=1S/C17H18Cl2FN/c1-10(2)17-15(18)7-5-13(21-17)8-11(3)14-6-4-12(20)9-16(14)19/h4-7,9-11H,8H2,1-3H3. The van der Waals surface area contributed by atoms with E-state index in [1.807, 2.05) is 12.1 Å². The zero-order valence-corrected chi connectivity index (χ0v) is 13.8. The Labute approximate surface area is 135 Å². The van der Waals surface area contributed by atoms with Gasteiger partial charge in [0.1, 0.15) is 5.82 Å². The lowest BCUT2D eigenvalue weighted by atomic mass is 9.95. The second-order valence-corrected chi connectivity index (χ2v) is 6.41. The van der Waals surface area contributed by atoms with Crippen LogP contribution in [-0.2, 0) is 6.42 Å². The summed E-state index contributed by atoms with van der Waals surface area (Å²) in [5, 5.41) is 1.15. The highest BCUT2D eigenvalue weighted by Crippen LogP contribution is 2.29. The number of rotatable bonds is 4. The largest absolute Gasteiger partial charge is 0.256 e. The van der Waals surface area contributed by atoms with Crippen molar-refractivity contribution in [3.8, 4) is 0 Å². The minimum atomic E-state index is -0.317. The molecule has 0 spiro atoms. The Hall–Kier alpha value is -1.12. The van der Waals surface area contributed by atoms with Gasteiger partial charge in [0.2, 0.25) is 0 Å². The summed E-state index contributed by atoms with van der Waals surface area (Å²) in [7, 11) is 0. The summed E-state index contributed by atoms with van der Waals surface area (Å²) in [6.45, 7) is 6.20. The zero-order valence-electron chi connectivity index (χ0n) is 12.3. The topological polar surface area (TPSA) is 12.9 Å². The Balaban J connectivity index is 2.23. The van der Waals surface area contributed by atoms with Gasteiger partial charge in [-0.15, -0.1) is 0 Å². The predicted molar refractivity (Wildman–Crippen MR) is 86.9 cm³/mol. The minimum Gasteiger partial charge on any atom is -0.256 e. The number of hydrogen-bond acceptors (Lipinski definition) is 1. The van der Waals surface area contributed by atoms with E-state index in [1.165, 1.54) is 12.1 Å². The first-order valence-corrected chi connectivity index (χ1v) is 7.74. The number of halogens is 3. The maximum absolute atomic E-state index is 13.1. The van der Waals surface area contributed by atoms with E-state index in [4.69, 9.17) is 23.2 Å². The van der Waals surface area contributed by atoms with Gasteiger partial charge in [0, 0.05) is 10.7 Å². The van der Waals surface area contributed by atoms with Crippen LogP contribution in [0.1, 0.15) is 49.6 Å². The smallest absolute Gasteiger partial charge is 0.124 e. The lowest BCUT2D eigenvalue weighted by Crippen LogP contribution is -2.04. The highest BCUT2D eigenvalue weighted by atomic mass is 35.5. The van der Waals surface area contributed by atoms with E-state index >= 15 is 0 Å². The number of nitrogens with zero attached hydrogens (tertiary/aromatic N) is 1. The van der Waals surface area contributed by atoms with Crippen molar-refractivity contribution in [2.45, 2.75) is 39.0 Å². The molecule has 0 amide bonds. The van der Waals surface area contributed by atoms with Crippen molar-refractivity contribution in [2.24, 2.45) is 0 Å². The Morgan fingerprint density at radius 3 is 2.38 bits per heavy atom. The number of benzene rings is 1. The van der Waals surface area contributed by atoms with Gasteiger partial charge >= 0.3 is 0 Å². The molecule has 1 heterocycles. The van der Waals surface area contributed by atoms with E-state index in [-0.39, 0.29) is 17.7 Å². The van der Waals surface area contributed by atoms with Crippen molar-refractivity contribution < 1.29 is 4.39 Å². The van der Waals surface area contributed by atoms with Crippen LogP contribution in [0.2, 0.25) is 10.0 Å². The molecule has 0 radical (unpaired) electrons. The fraction of sp³-hybridized carbons (Fsp3) is 0.353. The molecule has 1 atom stereocenters. The van der Waals surface area contributed by atoms with E-state index in [2.05, 4.69) is 25.8 Å². The fourth-order valence-corrected chi connectivity index (χ4v) is 3.02. The average Bonchev–Trinajstić information content (AvgIpc) is 2.40. The van der Waals surface area contributed by atoms with Crippen LogP contribution in [0.15, 0.2) is 30.3 Å². The van der Waals surface area contributed by atoms with Crippen molar-refractivity contribution in [1.82, 2.24) is 4.98 Å². The highest BCUT2D eigenvalue weighted by molar-refractivity contribution is 6.31. The molecule has 0 bridgehead atoms. The van der Waals surface area contributed by atoms with Gasteiger partial charge in [0.15, 0.2) is 0 Å². The van der Waals surface area contributed by atoms with Crippen molar-refractivity contribution in [1.29, 1.82) is 0 Å². The number of hydrogen-bond donors (Lipinski definition) is 0. The second-order valence-electron chi connectivity index (χ2n) is 5.60. The molecule has 4 heteroatoms. The monoisotopic (exact) mass is 325 g/mol.